The van der Waals surface area contributed by atoms with Gasteiger partial charge in [-0.05, 0) is 43.4 Å². The molecule has 5 rings (SSSR count). The minimum absolute atomic E-state index is 0.270. The van der Waals surface area contributed by atoms with E-state index in [4.69, 9.17) is 0 Å². The van der Waals surface area contributed by atoms with Crippen molar-refractivity contribution in [3.8, 4) is 5.82 Å². The molecule has 26 heavy (non-hydrogen) atoms. The predicted molar refractivity (Wildman–Crippen MR) is 102 cm³/mol. The van der Waals surface area contributed by atoms with Crippen molar-refractivity contribution in [2.24, 2.45) is 0 Å². The van der Waals surface area contributed by atoms with E-state index < -0.39 is 0 Å². The van der Waals surface area contributed by atoms with Crippen molar-refractivity contribution in [3.63, 3.8) is 0 Å². The van der Waals surface area contributed by atoms with Crippen LogP contribution in [0.25, 0.3) is 26.8 Å². The molecule has 0 atom stereocenters. The number of fused-ring (bicyclic) bond motifs is 4. The van der Waals surface area contributed by atoms with E-state index in [1.807, 2.05) is 0 Å². The van der Waals surface area contributed by atoms with Gasteiger partial charge < -0.3 is 0 Å². The Balaban J connectivity index is 1.87. The van der Waals surface area contributed by atoms with Gasteiger partial charge in [-0.3, -0.25) is 14.7 Å². The number of H-pyrrole nitrogens is 1. The Labute approximate surface area is 152 Å². The Morgan fingerprint density at radius 3 is 2.69 bits per heavy atom. The maximum absolute atomic E-state index is 13.0. The highest BCUT2D eigenvalue weighted by Crippen LogP contribution is 2.36. The summed E-state index contributed by atoms with van der Waals surface area (Å²) in [7, 11) is 0. The van der Waals surface area contributed by atoms with Crippen LogP contribution in [0.15, 0.2) is 40.2 Å². The topological polar surface area (TPSA) is 80.6 Å². The second-order valence-corrected chi connectivity index (χ2v) is 7.65. The first kappa shape index (κ1) is 15.5. The van der Waals surface area contributed by atoms with Gasteiger partial charge in [0, 0.05) is 4.88 Å². The van der Waals surface area contributed by atoms with Gasteiger partial charge in [-0.25, -0.2) is 9.97 Å². The van der Waals surface area contributed by atoms with E-state index in [-0.39, 0.29) is 11.1 Å². The summed E-state index contributed by atoms with van der Waals surface area (Å²) in [6.07, 6.45) is 6.97. The van der Waals surface area contributed by atoms with Crippen molar-refractivity contribution in [2.75, 3.05) is 0 Å². The number of hydrogen-bond donors (Lipinski definition) is 1. The van der Waals surface area contributed by atoms with Gasteiger partial charge in [0.15, 0.2) is 5.82 Å². The van der Waals surface area contributed by atoms with Crippen LogP contribution in [0.3, 0.4) is 0 Å². The van der Waals surface area contributed by atoms with Crippen molar-refractivity contribution in [2.45, 2.75) is 32.1 Å². The summed E-state index contributed by atoms with van der Waals surface area (Å²) < 4.78 is 1.28. The SMILES string of the molecule is O=c1[nH]n(-c2ncnc3sc4c(c23)CCCCC4)c(=O)c2ccccc12. The van der Waals surface area contributed by atoms with Gasteiger partial charge in [0.25, 0.3) is 11.1 Å². The summed E-state index contributed by atoms with van der Waals surface area (Å²) in [5.41, 5.74) is 0.668. The molecule has 0 amide bonds. The largest absolute Gasteiger partial charge is 0.279 e. The molecule has 1 aliphatic carbocycles. The molecule has 0 saturated carbocycles. The zero-order chi connectivity index (χ0) is 17.7. The molecule has 3 heterocycles. The zero-order valence-electron chi connectivity index (χ0n) is 14.0. The van der Waals surface area contributed by atoms with E-state index >= 15 is 0 Å². The normalized spacial score (nSPS) is 14.5. The molecule has 6 nitrogen and oxygen atoms in total. The summed E-state index contributed by atoms with van der Waals surface area (Å²) in [5.74, 6) is 0.474. The van der Waals surface area contributed by atoms with Gasteiger partial charge in [0.2, 0.25) is 0 Å². The third kappa shape index (κ3) is 2.24. The highest BCUT2D eigenvalue weighted by atomic mass is 32.1. The smallest absolute Gasteiger partial charge is 0.267 e. The van der Waals surface area contributed by atoms with Gasteiger partial charge >= 0.3 is 0 Å². The van der Waals surface area contributed by atoms with Gasteiger partial charge in [0.1, 0.15) is 11.2 Å². The zero-order valence-corrected chi connectivity index (χ0v) is 14.8. The van der Waals surface area contributed by atoms with Crippen LogP contribution in [0, 0.1) is 0 Å². The third-order valence-electron chi connectivity index (χ3n) is 5.01. The molecule has 1 N–H and O–H groups in total. The van der Waals surface area contributed by atoms with Crippen LogP contribution in [-0.2, 0) is 12.8 Å². The van der Waals surface area contributed by atoms with Crippen LogP contribution in [0.2, 0.25) is 0 Å². The van der Waals surface area contributed by atoms with E-state index in [9.17, 15) is 9.59 Å². The lowest BCUT2D eigenvalue weighted by Gasteiger charge is -2.09. The van der Waals surface area contributed by atoms with Gasteiger partial charge in [0.05, 0.1) is 16.2 Å². The molecule has 0 radical (unpaired) electrons. The summed E-state index contributed by atoms with van der Waals surface area (Å²) in [6.45, 7) is 0. The van der Waals surface area contributed by atoms with E-state index in [2.05, 4.69) is 15.1 Å². The average molecular weight is 364 g/mol. The standard InChI is InChI=1S/C19H16N4O2S/c24-17-11-6-4-5-7-12(11)19(25)23(22-17)16-15-13-8-2-1-3-9-14(13)26-18(15)21-10-20-16/h4-7,10H,1-3,8-9H2,(H,22,24). The number of rotatable bonds is 1. The lowest BCUT2D eigenvalue weighted by atomic mass is 10.1. The van der Waals surface area contributed by atoms with E-state index in [1.165, 1.54) is 34.3 Å². The lowest BCUT2D eigenvalue weighted by Crippen LogP contribution is -2.29. The maximum atomic E-state index is 13.0. The predicted octanol–water partition coefficient (Wildman–Crippen LogP) is 2.95. The molecule has 7 heteroatoms. The van der Waals surface area contributed by atoms with Crippen LogP contribution in [0.5, 0.6) is 0 Å². The summed E-state index contributed by atoms with van der Waals surface area (Å²) in [4.78, 5) is 36.5. The van der Waals surface area contributed by atoms with Crippen molar-refractivity contribution < 1.29 is 0 Å². The number of aromatic amines is 1. The minimum atomic E-state index is -0.298. The summed E-state index contributed by atoms with van der Waals surface area (Å²) in [5, 5.41) is 4.39. The molecule has 0 spiro atoms. The van der Waals surface area contributed by atoms with Gasteiger partial charge in [-0.2, -0.15) is 4.68 Å². The third-order valence-corrected chi connectivity index (χ3v) is 6.21. The van der Waals surface area contributed by atoms with Crippen LogP contribution >= 0.6 is 11.3 Å². The number of nitrogens with zero attached hydrogens (tertiary/aromatic N) is 3. The fourth-order valence-electron chi connectivity index (χ4n) is 3.77. The van der Waals surface area contributed by atoms with Crippen LogP contribution in [0.4, 0.5) is 0 Å². The van der Waals surface area contributed by atoms with Crippen LogP contribution in [-0.4, -0.2) is 19.7 Å². The molecule has 0 bridgehead atoms. The fraction of sp³-hybridized carbons (Fsp3) is 0.263. The van der Waals surface area contributed by atoms with Gasteiger partial charge in [-0.15, -0.1) is 11.3 Å². The number of nitrogens with one attached hydrogen (secondary N) is 1. The molecule has 1 aliphatic rings. The van der Waals surface area contributed by atoms with E-state index in [1.54, 1.807) is 35.6 Å². The van der Waals surface area contributed by atoms with Crippen LogP contribution < -0.4 is 11.1 Å². The van der Waals surface area contributed by atoms with E-state index in [0.717, 1.165) is 29.5 Å². The summed E-state index contributed by atoms with van der Waals surface area (Å²) >= 11 is 1.68. The molecular formula is C19H16N4O2S. The Morgan fingerprint density at radius 2 is 1.81 bits per heavy atom. The molecule has 1 aromatic carbocycles. The Kier molecular flexibility index (Phi) is 3.49. The Bertz CT molecular complexity index is 1270. The van der Waals surface area contributed by atoms with Crippen LogP contribution in [0.1, 0.15) is 29.7 Å². The first-order valence-electron chi connectivity index (χ1n) is 8.74. The maximum Gasteiger partial charge on any atom is 0.279 e. The van der Waals surface area contributed by atoms with Gasteiger partial charge in [-0.1, -0.05) is 18.6 Å². The minimum Gasteiger partial charge on any atom is -0.267 e. The number of aromatic nitrogens is 4. The molecule has 4 aromatic rings. The first-order valence-corrected chi connectivity index (χ1v) is 9.55. The second kappa shape index (κ2) is 5.88. The number of benzene rings is 1. The molecule has 0 unspecified atom stereocenters. The molecule has 0 aliphatic heterocycles. The molecule has 130 valence electrons. The Morgan fingerprint density at radius 1 is 1.00 bits per heavy atom. The molecule has 0 fully saturated rings. The second-order valence-electron chi connectivity index (χ2n) is 6.57. The van der Waals surface area contributed by atoms with Crippen molar-refractivity contribution >= 4 is 32.3 Å². The highest BCUT2D eigenvalue weighted by molar-refractivity contribution is 7.18. The number of hydrogen-bond acceptors (Lipinski definition) is 5. The highest BCUT2D eigenvalue weighted by Gasteiger charge is 2.21. The first-order chi connectivity index (χ1) is 12.7. The molecular weight excluding hydrogens is 348 g/mol. The van der Waals surface area contributed by atoms with Crippen molar-refractivity contribution in [1.29, 1.82) is 0 Å². The Hall–Kier alpha value is -2.80. The number of thiophene rings is 1. The monoisotopic (exact) mass is 364 g/mol. The quantitative estimate of drug-likeness (QED) is 0.527. The lowest BCUT2D eigenvalue weighted by molar-refractivity contribution is 0.713. The number of aryl methyl sites for hydroxylation is 2. The summed E-state index contributed by atoms with van der Waals surface area (Å²) in [6, 6.07) is 6.85. The average Bonchev–Trinajstić information content (AvgIpc) is 2.86. The molecule has 3 aromatic heterocycles. The van der Waals surface area contributed by atoms with Crippen molar-refractivity contribution in [3.05, 3.63) is 61.7 Å². The fourth-order valence-corrected chi connectivity index (χ4v) is 4.99. The molecule has 0 saturated heterocycles. The van der Waals surface area contributed by atoms with E-state index in [0.29, 0.717) is 16.6 Å². The van der Waals surface area contributed by atoms with Crippen molar-refractivity contribution in [1.82, 2.24) is 19.7 Å².